The molecule has 86 valence electrons. The molecular formula is C11H17N4O+. The summed E-state index contributed by atoms with van der Waals surface area (Å²) in [6, 6.07) is 0. The molecule has 2 heterocycles. The zero-order chi connectivity index (χ0) is 12.1. The van der Waals surface area contributed by atoms with Crippen LogP contribution in [0, 0.1) is 0 Å². The van der Waals surface area contributed by atoms with Gasteiger partial charge in [0, 0.05) is 17.6 Å². The summed E-state index contributed by atoms with van der Waals surface area (Å²) in [4.78, 5) is 16.6. The largest absolute Gasteiger partial charge is 0.328 e. The van der Waals surface area contributed by atoms with Crippen LogP contribution in [-0.2, 0) is 5.54 Å². The van der Waals surface area contributed by atoms with E-state index in [1.807, 2.05) is 34.6 Å². The van der Waals surface area contributed by atoms with Crippen molar-refractivity contribution < 1.29 is 4.68 Å². The van der Waals surface area contributed by atoms with E-state index in [0.29, 0.717) is 5.69 Å². The third-order valence-corrected chi connectivity index (χ3v) is 2.74. The number of hydrogen-bond acceptors (Lipinski definition) is 3. The highest BCUT2D eigenvalue weighted by Crippen LogP contribution is 2.12. The quantitative estimate of drug-likeness (QED) is 0.603. The maximum absolute atomic E-state index is 12.3. The van der Waals surface area contributed by atoms with Crippen LogP contribution in [0.25, 0.3) is 0 Å². The summed E-state index contributed by atoms with van der Waals surface area (Å²) in [5.41, 5.74) is 1.09. The minimum Gasteiger partial charge on any atom is -0.283 e. The molecule has 0 saturated heterocycles. The van der Waals surface area contributed by atoms with E-state index in [9.17, 15) is 4.79 Å². The predicted octanol–water partition coefficient (Wildman–Crippen LogP) is 0.627. The van der Waals surface area contributed by atoms with Crippen molar-refractivity contribution in [3.05, 3.63) is 22.4 Å². The zero-order valence-corrected chi connectivity index (χ0v) is 10.4. The number of fused-ring (bicyclic) bond motifs is 1. The molecule has 1 aliphatic rings. The van der Waals surface area contributed by atoms with Crippen molar-refractivity contribution in [2.45, 2.75) is 46.3 Å². The molecule has 0 amide bonds. The molecular weight excluding hydrogens is 204 g/mol. The van der Waals surface area contributed by atoms with Crippen LogP contribution in [0.4, 0.5) is 0 Å². The minimum atomic E-state index is -0.258. The molecule has 1 aromatic rings. The van der Waals surface area contributed by atoms with Crippen molar-refractivity contribution in [2.24, 2.45) is 4.99 Å². The lowest BCUT2D eigenvalue weighted by molar-refractivity contribution is -0.770. The average molecular weight is 221 g/mol. The monoisotopic (exact) mass is 221 g/mol. The molecule has 0 spiro atoms. The van der Waals surface area contributed by atoms with Crippen molar-refractivity contribution in [1.29, 1.82) is 0 Å². The lowest BCUT2D eigenvalue weighted by Gasteiger charge is -2.20. The Bertz CT molecular complexity index is 522. The first-order valence-corrected chi connectivity index (χ1v) is 5.41. The molecule has 0 fully saturated rings. The van der Waals surface area contributed by atoms with Gasteiger partial charge in [-0.1, -0.05) is 4.68 Å². The van der Waals surface area contributed by atoms with Crippen LogP contribution in [0.3, 0.4) is 0 Å². The molecule has 0 saturated carbocycles. The summed E-state index contributed by atoms with van der Waals surface area (Å²) >= 11 is 0. The van der Waals surface area contributed by atoms with Gasteiger partial charge in [0.05, 0.1) is 0 Å². The molecule has 1 aliphatic heterocycles. The third kappa shape index (κ3) is 1.47. The Morgan fingerprint density at radius 2 is 2.06 bits per heavy atom. The van der Waals surface area contributed by atoms with Crippen molar-refractivity contribution in [1.82, 2.24) is 9.67 Å². The Morgan fingerprint density at radius 1 is 1.44 bits per heavy atom. The molecule has 0 radical (unpaired) electrons. The Balaban J connectivity index is 2.72. The van der Waals surface area contributed by atoms with Crippen LogP contribution in [-0.4, -0.2) is 15.4 Å². The first kappa shape index (κ1) is 11.0. The molecule has 1 aromatic heterocycles. The van der Waals surface area contributed by atoms with Crippen molar-refractivity contribution >= 4 is 5.71 Å². The summed E-state index contributed by atoms with van der Waals surface area (Å²) < 4.78 is 3.33. The molecule has 1 atom stereocenters. The van der Waals surface area contributed by atoms with Crippen LogP contribution >= 0.6 is 0 Å². The van der Waals surface area contributed by atoms with E-state index in [1.54, 1.807) is 15.6 Å². The highest BCUT2D eigenvalue weighted by atomic mass is 16.1. The highest BCUT2D eigenvalue weighted by molar-refractivity contribution is 5.96. The van der Waals surface area contributed by atoms with E-state index in [1.165, 1.54) is 0 Å². The van der Waals surface area contributed by atoms with Crippen LogP contribution in [0.15, 0.2) is 16.1 Å². The lowest BCUT2D eigenvalue weighted by Crippen LogP contribution is -2.51. The van der Waals surface area contributed by atoms with Crippen LogP contribution in [0.5, 0.6) is 0 Å². The minimum absolute atomic E-state index is 0.0203. The standard InChI is InChI=1S/C11H17N4O/c1-7-9-10(16)14(11(3,4)5)6-12-15(9)8(2)13-7/h6,8H,1-5H3/q+1. The van der Waals surface area contributed by atoms with E-state index in [-0.39, 0.29) is 17.3 Å². The molecule has 0 aliphatic carbocycles. The summed E-state index contributed by atoms with van der Waals surface area (Å²) in [7, 11) is 0. The van der Waals surface area contributed by atoms with Crippen LogP contribution < -0.4 is 10.2 Å². The fourth-order valence-electron chi connectivity index (χ4n) is 1.91. The summed E-state index contributed by atoms with van der Waals surface area (Å²) in [5.74, 6) is 0. The van der Waals surface area contributed by atoms with E-state index in [4.69, 9.17) is 0 Å². The van der Waals surface area contributed by atoms with E-state index >= 15 is 0 Å². The lowest BCUT2D eigenvalue weighted by atomic mass is 10.1. The SMILES string of the molecule is CC1=NC(C)[n+]2ncn(C(C)(C)C)c(=O)c21. The van der Waals surface area contributed by atoms with Gasteiger partial charge in [-0.15, -0.1) is 0 Å². The van der Waals surface area contributed by atoms with Gasteiger partial charge in [-0.3, -0.25) is 9.36 Å². The first-order chi connectivity index (χ1) is 7.32. The van der Waals surface area contributed by atoms with Gasteiger partial charge < -0.3 is 0 Å². The summed E-state index contributed by atoms with van der Waals surface area (Å²) in [6.07, 6.45) is 1.52. The second-order valence-corrected chi connectivity index (χ2v) is 5.12. The van der Waals surface area contributed by atoms with Gasteiger partial charge in [-0.2, -0.15) is 0 Å². The predicted molar refractivity (Wildman–Crippen MR) is 60.6 cm³/mol. The van der Waals surface area contributed by atoms with Gasteiger partial charge in [-0.05, 0) is 27.7 Å². The zero-order valence-electron chi connectivity index (χ0n) is 10.4. The topological polar surface area (TPSA) is 51.1 Å². The van der Waals surface area contributed by atoms with Crippen LogP contribution in [0.2, 0.25) is 0 Å². The Kier molecular flexibility index (Phi) is 2.22. The molecule has 5 nitrogen and oxygen atoms in total. The van der Waals surface area contributed by atoms with E-state index < -0.39 is 0 Å². The van der Waals surface area contributed by atoms with Crippen molar-refractivity contribution in [3.8, 4) is 0 Å². The Hall–Kier alpha value is -1.52. The van der Waals surface area contributed by atoms with Crippen LogP contribution in [0.1, 0.15) is 46.5 Å². The number of hydrogen-bond donors (Lipinski definition) is 0. The van der Waals surface area contributed by atoms with Gasteiger partial charge in [0.15, 0.2) is 6.33 Å². The number of aliphatic imine (C=N–C) groups is 1. The maximum Gasteiger partial charge on any atom is 0.328 e. The molecule has 0 aromatic carbocycles. The van der Waals surface area contributed by atoms with E-state index in [2.05, 4.69) is 10.1 Å². The molecule has 0 bridgehead atoms. The van der Waals surface area contributed by atoms with E-state index in [0.717, 1.165) is 5.71 Å². The second kappa shape index (κ2) is 3.23. The normalized spacial score (nSPS) is 19.6. The number of nitrogens with zero attached hydrogens (tertiary/aromatic N) is 4. The van der Waals surface area contributed by atoms with Gasteiger partial charge in [0.1, 0.15) is 5.71 Å². The Labute approximate surface area is 94.4 Å². The number of aromatic nitrogens is 3. The second-order valence-electron chi connectivity index (χ2n) is 5.12. The molecule has 5 heteroatoms. The average Bonchev–Trinajstić information content (AvgIpc) is 2.41. The third-order valence-electron chi connectivity index (χ3n) is 2.74. The summed E-state index contributed by atoms with van der Waals surface area (Å²) in [5, 5.41) is 4.28. The van der Waals surface area contributed by atoms with Gasteiger partial charge in [0.25, 0.3) is 6.17 Å². The molecule has 2 rings (SSSR count). The summed E-state index contributed by atoms with van der Waals surface area (Å²) in [6.45, 7) is 9.73. The molecule has 0 N–H and O–H groups in total. The Morgan fingerprint density at radius 3 is 2.62 bits per heavy atom. The van der Waals surface area contributed by atoms with Gasteiger partial charge in [-0.25, -0.2) is 4.99 Å². The maximum atomic E-state index is 12.3. The van der Waals surface area contributed by atoms with Gasteiger partial charge in [0.2, 0.25) is 0 Å². The molecule has 1 unspecified atom stereocenters. The fraction of sp³-hybridized carbons (Fsp3) is 0.636. The highest BCUT2D eigenvalue weighted by Gasteiger charge is 2.35. The fourth-order valence-corrected chi connectivity index (χ4v) is 1.91. The van der Waals surface area contributed by atoms with Gasteiger partial charge >= 0.3 is 11.3 Å². The first-order valence-electron chi connectivity index (χ1n) is 5.41. The van der Waals surface area contributed by atoms with Crippen molar-refractivity contribution in [2.75, 3.05) is 0 Å². The smallest absolute Gasteiger partial charge is 0.283 e. The number of rotatable bonds is 0. The van der Waals surface area contributed by atoms with Crippen molar-refractivity contribution in [3.63, 3.8) is 0 Å². The molecule has 16 heavy (non-hydrogen) atoms.